The molecule has 0 aromatic rings. The Kier molecular flexibility index (Phi) is 5.31. The molecule has 0 amide bonds. The van der Waals surface area contributed by atoms with Crippen LogP contribution in [0.15, 0.2) is 0 Å². The molecule has 146 valence electrons. The number of esters is 1. The van der Waals surface area contributed by atoms with E-state index in [0.717, 1.165) is 25.7 Å². The molecule has 5 heteroatoms. The van der Waals surface area contributed by atoms with E-state index in [-0.39, 0.29) is 33.7 Å². The van der Waals surface area contributed by atoms with Gasteiger partial charge in [-0.1, -0.05) is 34.6 Å². The number of carbonyl (C=O) groups excluding carboxylic acids is 1. The van der Waals surface area contributed by atoms with Gasteiger partial charge in [-0.05, 0) is 49.7 Å². The number of hydrogen-bond acceptors (Lipinski definition) is 4. The molecule has 1 saturated heterocycles. The molecule has 2 fully saturated rings. The van der Waals surface area contributed by atoms with Crippen molar-refractivity contribution in [1.82, 2.24) is 0 Å². The molecular formula is C20H38O4Si. The Morgan fingerprint density at radius 1 is 1.20 bits per heavy atom. The van der Waals surface area contributed by atoms with Crippen molar-refractivity contribution in [3.05, 3.63) is 0 Å². The average Bonchev–Trinajstić information content (AvgIpc) is 2.99. The minimum Gasteiger partial charge on any atom is -0.466 e. The standard InChI is InChI=1S/C20H38O4Si/c1-15(21)22-12-10-11-20-18(5,6)13-16(14-19(20,7)24-20)23-25(8,9)17(2,3)4/h16H,10-14H2,1-9H3/t16-,19+,20-/m0/s1. The van der Waals surface area contributed by atoms with E-state index in [1.165, 1.54) is 6.92 Å². The topological polar surface area (TPSA) is 48.1 Å². The number of ether oxygens (including phenoxy) is 2. The molecule has 1 saturated carbocycles. The van der Waals surface area contributed by atoms with Crippen LogP contribution in [0.4, 0.5) is 0 Å². The van der Waals surface area contributed by atoms with Gasteiger partial charge in [0.25, 0.3) is 0 Å². The molecule has 0 N–H and O–H groups in total. The minimum absolute atomic E-state index is 0.0588. The first kappa shape index (κ1) is 20.9. The van der Waals surface area contributed by atoms with Crippen LogP contribution in [0.3, 0.4) is 0 Å². The van der Waals surface area contributed by atoms with Crippen molar-refractivity contribution in [3.8, 4) is 0 Å². The van der Waals surface area contributed by atoms with Crippen molar-refractivity contribution >= 4 is 14.3 Å². The quantitative estimate of drug-likeness (QED) is 0.283. The Bertz CT molecular complexity index is 522. The predicted octanol–water partition coefficient (Wildman–Crippen LogP) is 5.07. The summed E-state index contributed by atoms with van der Waals surface area (Å²) in [7, 11) is -1.78. The van der Waals surface area contributed by atoms with Crippen LogP contribution in [0.1, 0.15) is 74.1 Å². The van der Waals surface area contributed by atoms with E-state index in [9.17, 15) is 4.79 Å². The third-order valence-corrected chi connectivity index (χ3v) is 11.4. The lowest BCUT2D eigenvalue weighted by molar-refractivity contribution is -0.141. The first-order valence-electron chi connectivity index (χ1n) is 9.67. The van der Waals surface area contributed by atoms with E-state index in [1.807, 2.05) is 0 Å². The zero-order valence-electron chi connectivity index (χ0n) is 17.7. The van der Waals surface area contributed by atoms with Crippen molar-refractivity contribution in [2.45, 2.75) is 110 Å². The molecule has 0 unspecified atom stereocenters. The highest BCUT2D eigenvalue weighted by Crippen LogP contribution is 2.67. The van der Waals surface area contributed by atoms with Crippen LogP contribution >= 0.6 is 0 Å². The van der Waals surface area contributed by atoms with E-state index < -0.39 is 8.32 Å². The summed E-state index contributed by atoms with van der Waals surface area (Å²) in [4.78, 5) is 11.0. The van der Waals surface area contributed by atoms with Crippen LogP contribution in [-0.4, -0.2) is 38.2 Å². The van der Waals surface area contributed by atoms with Gasteiger partial charge in [-0.2, -0.15) is 0 Å². The zero-order valence-corrected chi connectivity index (χ0v) is 18.7. The molecule has 4 nitrogen and oxygen atoms in total. The molecule has 3 atom stereocenters. The van der Waals surface area contributed by atoms with Crippen molar-refractivity contribution in [2.24, 2.45) is 5.41 Å². The second-order valence-corrected chi connectivity index (χ2v) is 15.2. The highest BCUT2D eigenvalue weighted by atomic mass is 28.4. The summed E-state index contributed by atoms with van der Waals surface area (Å²) >= 11 is 0. The summed E-state index contributed by atoms with van der Waals surface area (Å²) in [6.07, 6.45) is 4.06. The Morgan fingerprint density at radius 3 is 2.28 bits per heavy atom. The largest absolute Gasteiger partial charge is 0.466 e. The summed E-state index contributed by atoms with van der Waals surface area (Å²) in [5.74, 6) is -0.206. The average molecular weight is 371 g/mol. The number of hydrogen-bond donors (Lipinski definition) is 0. The van der Waals surface area contributed by atoms with Crippen molar-refractivity contribution in [3.63, 3.8) is 0 Å². The lowest BCUT2D eigenvalue weighted by Gasteiger charge is -2.46. The van der Waals surface area contributed by atoms with E-state index in [0.29, 0.717) is 6.61 Å². The third-order valence-electron chi connectivity index (χ3n) is 6.91. The van der Waals surface area contributed by atoms with Gasteiger partial charge in [-0.3, -0.25) is 4.79 Å². The highest BCUT2D eigenvalue weighted by molar-refractivity contribution is 6.74. The first-order chi connectivity index (χ1) is 11.2. The highest BCUT2D eigenvalue weighted by Gasteiger charge is 2.75. The van der Waals surface area contributed by atoms with Gasteiger partial charge in [0.1, 0.15) is 5.60 Å². The smallest absolute Gasteiger partial charge is 0.302 e. The maximum Gasteiger partial charge on any atom is 0.302 e. The molecule has 0 aromatic heterocycles. The monoisotopic (exact) mass is 370 g/mol. The first-order valence-corrected chi connectivity index (χ1v) is 12.6. The summed E-state index contributed by atoms with van der Waals surface area (Å²) in [5, 5.41) is 0.223. The fraction of sp³-hybridized carbons (Fsp3) is 0.950. The molecule has 1 aliphatic heterocycles. The van der Waals surface area contributed by atoms with E-state index in [4.69, 9.17) is 13.9 Å². The van der Waals surface area contributed by atoms with Crippen molar-refractivity contribution in [2.75, 3.05) is 6.61 Å². The molecule has 2 rings (SSSR count). The van der Waals surface area contributed by atoms with E-state index >= 15 is 0 Å². The molecular weight excluding hydrogens is 332 g/mol. The van der Waals surface area contributed by atoms with Gasteiger partial charge in [0.15, 0.2) is 8.32 Å². The fourth-order valence-corrected chi connectivity index (χ4v) is 5.88. The van der Waals surface area contributed by atoms with Crippen LogP contribution in [0.5, 0.6) is 0 Å². The second kappa shape index (κ2) is 6.34. The van der Waals surface area contributed by atoms with E-state index in [2.05, 4.69) is 54.6 Å². The Hall–Kier alpha value is -0.393. The van der Waals surface area contributed by atoms with Gasteiger partial charge >= 0.3 is 5.97 Å². The van der Waals surface area contributed by atoms with Gasteiger partial charge in [-0.25, -0.2) is 0 Å². The molecule has 1 heterocycles. The molecule has 25 heavy (non-hydrogen) atoms. The van der Waals surface area contributed by atoms with E-state index in [1.54, 1.807) is 0 Å². The SMILES string of the molecule is CC(=O)OCCC[C@@]12O[C@]1(C)C[C@@H](O[Si](C)(C)C(C)(C)C)CC2(C)C. The number of fused-ring (bicyclic) bond motifs is 1. The van der Waals surface area contributed by atoms with Gasteiger partial charge in [0.2, 0.25) is 0 Å². The Labute approximate surface area is 155 Å². The molecule has 0 bridgehead atoms. The second-order valence-electron chi connectivity index (χ2n) is 10.4. The van der Waals surface area contributed by atoms with Crippen LogP contribution in [0, 0.1) is 5.41 Å². The Morgan fingerprint density at radius 2 is 1.80 bits per heavy atom. The van der Waals surface area contributed by atoms with Crippen LogP contribution in [0.2, 0.25) is 18.1 Å². The van der Waals surface area contributed by atoms with Crippen LogP contribution in [-0.2, 0) is 18.7 Å². The minimum atomic E-state index is -1.78. The maximum atomic E-state index is 11.0. The lowest BCUT2D eigenvalue weighted by Crippen LogP contribution is -2.52. The molecule has 1 aliphatic carbocycles. The summed E-state index contributed by atoms with van der Waals surface area (Å²) in [6, 6.07) is 0. The van der Waals surface area contributed by atoms with Gasteiger partial charge in [-0.15, -0.1) is 0 Å². The van der Waals surface area contributed by atoms with Crippen LogP contribution in [0.25, 0.3) is 0 Å². The van der Waals surface area contributed by atoms with Gasteiger partial charge < -0.3 is 13.9 Å². The molecule has 0 radical (unpaired) electrons. The Balaban J connectivity index is 2.04. The maximum absolute atomic E-state index is 11.0. The number of carbonyl (C=O) groups is 1. The summed E-state index contributed by atoms with van der Waals surface area (Å²) < 4.78 is 18.2. The third kappa shape index (κ3) is 3.84. The summed E-state index contributed by atoms with van der Waals surface area (Å²) in [5.41, 5.74) is -0.158. The van der Waals surface area contributed by atoms with Gasteiger partial charge in [0.05, 0.1) is 12.2 Å². The molecule has 2 aliphatic rings. The zero-order chi connectivity index (χ0) is 19.3. The van der Waals surface area contributed by atoms with Crippen molar-refractivity contribution < 1.29 is 18.7 Å². The van der Waals surface area contributed by atoms with Gasteiger partial charge in [0, 0.05) is 19.4 Å². The molecule has 0 aromatic carbocycles. The van der Waals surface area contributed by atoms with Crippen molar-refractivity contribution in [1.29, 1.82) is 0 Å². The van der Waals surface area contributed by atoms with Crippen LogP contribution < -0.4 is 0 Å². The predicted molar refractivity (Wildman–Crippen MR) is 103 cm³/mol. The number of epoxide rings is 1. The number of rotatable bonds is 6. The normalized spacial score (nSPS) is 34.4. The summed E-state index contributed by atoms with van der Waals surface area (Å²) in [6.45, 7) is 20.3. The fourth-order valence-electron chi connectivity index (χ4n) is 4.53. The molecule has 0 spiro atoms. The lowest BCUT2D eigenvalue weighted by atomic mass is 9.61.